The maximum Gasteiger partial charge on any atom is 0.264 e. The number of aryl methyl sites for hydroxylation is 3. The molecule has 3 aromatic carbocycles. The van der Waals surface area contributed by atoms with Gasteiger partial charge in [0.25, 0.3) is 10.0 Å². The van der Waals surface area contributed by atoms with Crippen LogP contribution < -0.4 is 9.62 Å². The van der Waals surface area contributed by atoms with Crippen LogP contribution in [-0.4, -0.2) is 44.3 Å². The number of hydrogen-bond donors (Lipinski definition) is 1. The Morgan fingerprint density at radius 2 is 1.49 bits per heavy atom. The molecule has 0 aliphatic heterocycles. The minimum Gasteiger partial charge on any atom is -0.354 e. The van der Waals surface area contributed by atoms with Crippen LogP contribution in [0.2, 0.25) is 0 Å². The zero-order chi connectivity index (χ0) is 28.7. The van der Waals surface area contributed by atoms with Crippen LogP contribution in [-0.2, 0) is 26.2 Å². The average molecular weight is 615 g/mol. The van der Waals surface area contributed by atoms with Crippen LogP contribution in [0.25, 0.3) is 0 Å². The fraction of sp³-hybridized carbons (Fsp3) is 0.333. The van der Waals surface area contributed by atoms with E-state index in [1.165, 1.54) is 4.90 Å². The van der Waals surface area contributed by atoms with E-state index >= 15 is 0 Å². The maximum atomic E-state index is 14.0. The summed E-state index contributed by atoms with van der Waals surface area (Å²) in [4.78, 5) is 28.4. The van der Waals surface area contributed by atoms with Crippen molar-refractivity contribution >= 4 is 43.5 Å². The summed E-state index contributed by atoms with van der Waals surface area (Å²) in [6, 6.07) is 18.7. The molecule has 0 heterocycles. The fourth-order valence-electron chi connectivity index (χ4n) is 4.23. The van der Waals surface area contributed by atoms with Crippen molar-refractivity contribution in [3.63, 3.8) is 0 Å². The second-order valence-electron chi connectivity index (χ2n) is 9.79. The van der Waals surface area contributed by atoms with Crippen LogP contribution in [0.1, 0.15) is 42.5 Å². The Bertz CT molecular complexity index is 1390. The number of nitrogens with zero attached hydrogens (tertiary/aromatic N) is 2. The number of carbonyl (C=O) groups excluding carboxylic acids is 2. The average Bonchev–Trinajstić information content (AvgIpc) is 2.89. The first kappa shape index (κ1) is 30.4. The molecule has 9 heteroatoms. The van der Waals surface area contributed by atoms with Gasteiger partial charge in [-0.1, -0.05) is 58.7 Å². The lowest BCUT2D eigenvalue weighted by Crippen LogP contribution is -2.51. The lowest BCUT2D eigenvalue weighted by atomic mass is 10.1. The number of carbonyl (C=O) groups is 2. The molecule has 0 saturated heterocycles. The number of anilines is 1. The normalized spacial score (nSPS) is 12.1. The van der Waals surface area contributed by atoms with E-state index in [1.807, 2.05) is 58.0 Å². The van der Waals surface area contributed by atoms with Gasteiger partial charge in [-0.15, -0.1) is 0 Å². The molecule has 7 nitrogen and oxygen atoms in total. The van der Waals surface area contributed by atoms with Crippen LogP contribution >= 0.6 is 15.9 Å². The van der Waals surface area contributed by atoms with Crippen LogP contribution in [0.4, 0.5) is 5.69 Å². The molecule has 0 aromatic heterocycles. The van der Waals surface area contributed by atoms with Crippen LogP contribution in [0.3, 0.4) is 0 Å². The molecule has 0 fully saturated rings. The predicted octanol–water partition coefficient (Wildman–Crippen LogP) is 5.51. The Balaban J connectivity index is 2.04. The van der Waals surface area contributed by atoms with Gasteiger partial charge in [0, 0.05) is 17.6 Å². The molecule has 2 amide bonds. The molecule has 0 radical (unpaired) electrons. The quantitative estimate of drug-likeness (QED) is 0.309. The van der Waals surface area contributed by atoms with Crippen molar-refractivity contribution in [2.24, 2.45) is 0 Å². The third-order valence-corrected chi connectivity index (χ3v) is 8.68. The van der Waals surface area contributed by atoms with E-state index in [0.717, 1.165) is 37.5 Å². The number of benzene rings is 3. The van der Waals surface area contributed by atoms with E-state index < -0.39 is 28.5 Å². The largest absolute Gasteiger partial charge is 0.354 e. The molecule has 3 rings (SSSR count). The Labute approximate surface area is 240 Å². The SMILES string of the molecule is CCCNC(=O)[C@H](C)N(Cc1ccc(Br)cc1)C(=O)CN(c1cc(C)cc(C)c1)S(=O)(=O)c1ccc(C)cc1. The smallest absolute Gasteiger partial charge is 0.264 e. The first-order valence-corrected chi connectivity index (χ1v) is 15.1. The van der Waals surface area contributed by atoms with Crippen LogP contribution in [0.15, 0.2) is 76.1 Å². The van der Waals surface area contributed by atoms with Crippen molar-refractivity contribution in [1.29, 1.82) is 0 Å². The highest BCUT2D eigenvalue weighted by Crippen LogP contribution is 2.27. The maximum absolute atomic E-state index is 14.0. The summed E-state index contributed by atoms with van der Waals surface area (Å²) in [6.07, 6.45) is 0.758. The molecule has 0 aliphatic rings. The van der Waals surface area contributed by atoms with E-state index in [9.17, 15) is 18.0 Å². The van der Waals surface area contributed by atoms with Crippen molar-refractivity contribution < 1.29 is 18.0 Å². The second kappa shape index (κ2) is 13.3. The third kappa shape index (κ3) is 7.92. The summed E-state index contributed by atoms with van der Waals surface area (Å²) in [6.45, 7) is 9.44. The molecular formula is C30H36BrN3O4S. The summed E-state index contributed by atoms with van der Waals surface area (Å²) in [5.41, 5.74) is 3.89. The van der Waals surface area contributed by atoms with Gasteiger partial charge in [-0.05, 0) is 87.2 Å². The lowest BCUT2D eigenvalue weighted by molar-refractivity contribution is -0.139. The van der Waals surface area contributed by atoms with Gasteiger partial charge in [0.05, 0.1) is 10.6 Å². The van der Waals surface area contributed by atoms with Gasteiger partial charge in [-0.2, -0.15) is 0 Å². The molecule has 0 unspecified atom stereocenters. The molecule has 39 heavy (non-hydrogen) atoms. The fourth-order valence-corrected chi connectivity index (χ4v) is 5.89. The first-order valence-electron chi connectivity index (χ1n) is 12.9. The third-order valence-electron chi connectivity index (χ3n) is 6.36. The standard InChI is InChI=1S/C30H36BrN3O4S/c1-6-15-32-30(36)24(5)33(19-25-9-11-26(31)12-10-25)29(35)20-34(27-17-22(3)16-23(4)18-27)39(37,38)28-13-7-21(2)8-14-28/h7-14,16-18,24H,6,15,19-20H2,1-5H3,(H,32,36)/t24-/m0/s1. The molecule has 0 bridgehead atoms. The molecule has 0 saturated carbocycles. The molecular weight excluding hydrogens is 578 g/mol. The second-order valence-corrected chi connectivity index (χ2v) is 12.6. The molecule has 1 N–H and O–H groups in total. The summed E-state index contributed by atoms with van der Waals surface area (Å²) >= 11 is 3.42. The van der Waals surface area contributed by atoms with E-state index in [4.69, 9.17) is 0 Å². The van der Waals surface area contributed by atoms with Gasteiger partial charge < -0.3 is 10.2 Å². The van der Waals surface area contributed by atoms with Gasteiger partial charge in [0.2, 0.25) is 11.8 Å². The van der Waals surface area contributed by atoms with E-state index in [-0.39, 0.29) is 17.3 Å². The monoisotopic (exact) mass is 613 g/mol. The molecule has 0 aliphatic carbocycles. The summed E-state index contributed by atoms with van der Waals surface area (Å²) < 4.78 is 29.9. The van der Waals surface area contributed by atoms with Crippen molar-refractivity contribution in [1.82, 2.24) is 10.2 Å². The van der Waals surface area contributed by atoms with E-state index in [1.54, 1.807) is 43.3 Å². The lowest BCUT2D eigenvalue weighted by Gasteiger charge is -2.32. The molecule has 0 spiro atoms. The molecule has 1 atom stereocenters. The van der Waals surface area contributed by atoms with Crippen molar-refractivity contribution in [2.45, 2.75) is 58.5 Å². The van der Waals surface area contributed by atoms with Crippen LogP contribution in [0.5, 0.6) is 0 Å². The number of hydrogen-bond acceptors (Lipinski definition) is 4. The Hall–Kier alpha value is -3.17. The van der Waals surface area contributed by atoms with Crippen molar-refractivity contribution in [3.8, 4) is 0 Å². The number of nitrogens with one attached hydrogen (secondary N) is 1. The van der Waals surface area contributed by atoms with Crippen molar-refractivity contribution in [2.75, 3.05) is 17.4 Å². The zero-order valence-electron chi connectivity index (χ0n) is 23.1. The van der Waals surface area contributed by atoms with Gasteiger partial charge in [-0.3, -0.25) is 13.9 Å². The molecule has 3 aromatic rings. The number of halogens is 1. The van der Waals surface area contributed by atoms with Crippen molar-refractivity contribution in [3.05, 3.63) is 93.5 Å². The Morgan fingerprint density at radius 1 is 0.897 bits per heavy atom. The highest BCUT2D eigenvalue weighted by molar-refractivity contribution is 9.10. The van der Waals surface area contributed by atoms with Gasteiger partial charge in [0.1, 0.15) is 12.6 Å². The van der Waals surface area contributed by atoms with Crippen LogP contribution in [0, 0.1) is 20.8 Å². The highest BCUT2D eigenvalue weighted by atomic mass is 79.9. The zero-order valence-corrected chi connectivity index (χ0v) is 25.5. The molecule has 208 valence electrons. The number of rotatable bonds is 11. The minimum atomic E-state index is -4.09. The number of sulfonamides is 1. The first-order chi connectivity index (χ1) is 18.4. The Morgan fingerprint density at radius 3 is 2.05 bits per heavy atom. The van der Waals surface area contributed by atoms with E-state index in [2.05, 4.69) is 21.2 Å². The minimum absolute atomic E-state index is 0.0910. The highest BCUT2D eigenvalue weighted by Gasteiger charge is 2.32. The predicted molar refractivity (Wildman–Crippen MR) is 159 cm³/mol. The summed E-state index contributed by atoms with van der Waals surface area (Å²) in [5, 5.41) is 2.85. The van der Waals surface area contributed by atoms with Gasteiger partial charge in [-0.25, -0.2) is 8.42 Å². The van der Waals surface area contributed by atoms with E-state index in [0.29, 0.717) is 12.2 Å². The summed E-state index contributed by atoms with van der Waals surface area (Å²) in [5.74, 6) is -0.770. The van der Waals surface area contributed by atoms with Gasteiger partial charge >= 0.3 is 0 Å². The topological polar surface area (TPSA) is 86.8 Å². The summed E-state index contributed by atoms with van der Waals surface area (Å²) in [7, 11) is -4.09. The number of amides is 2. The van der Waals surface area contributed by atoms with Gasteiger partial charge in [0.15, 0.2) is 0 Å². The Kier molecular flexibility index (Phi) is 10.3.